The second-order valence-electron chi connectivity index (χ2n) is 1.95. The molecular formula is C9H9NO2S. The standard InChI is InChI=1S/C9H9NO2S/c1-3-8(13-4-2)7(6-10)5-9(11)12/h3-5H,2H2,1H3,(H,11,12)/b7-5+,8-3-. The molecule has 13 heavy (non-hydrogen) atoms. The third-order valence-electron chi connectivity index (χ3n) is 1.13. The number of carbonyl (C=O) groups is 1. The van der Waals surface area contributed by atoms with E-state index in [1.165, 1.54) is 11.8 Å². The molecule has 0 radical (unpaired) electrons. The molecule has 0 aliphatic rings. The van der Waals surface area contributed by atoms with Crippen molar-refractivity contribution in [2.75, 3.05) is 0 Å². The Morgan fingerprint density at radius 3 is 2.62 bits per heavy atom. The molecule has 0 aromatic rings. The highest BCUT2D eigenvalue weighted by Gasteiger charge is 2.04. The fourth-order valence-corrected chi connectivity index (χ4v) is 1.21. The Bertz CT molecular complexity index is 310. The van der Waals surface area contributed by atoms with Crippen LogP contribution in [0.15, 0.2) is 34.6 Å². The highest BCUT2D eigenvalue weighted by molar-refractivity contribution is 8.06. The average molecular weight is 195 g/mol. The molecule has 0 aliphatic heterocycles. The van der Waals surface area contributed by atoms with E-state index in [1.54, 1.807) is 18.4 Å². The molecule has 0 amide bonds. The van der Waals surface area contributed by atoms with E-state index in [1.807, 2.05) is 6.07 Å². The SMILES string of the molecule is C=CSC(=C\C)/C(C#N)=C/C(=O)O. The molecule has 0 atom stereocenters. The number of nitriles is 1. The van der Waals surface area contributed by atoms with Crippen LogP contribution in [0.5, 0.6) is 0 Å². The number of hydrogen-bond donors (Lipinski definition) is 1. The molecule has 0 bridgehead atoms. The Morgan fingerprint density at radius 1 is 1.69 bits per heavy atom. The predicted molar refractivity (Wildman–Crippen MR) is 52.9 cm³/mol. The van der Waals surface area contributed by atoms with Crippen LogP contribution in [0.1, 0.15) is 6.92 Å². The zero-order valence-corrected chi connectivity index (χ0v) is 7.97. The van der Waals surface area contributed by atoms with Gasteiger partial charge in [0.15, 0.2) is 0 Å². The molecule has 0 saturated heterocycles. The van der Waals surface area contributed by atoms with Gasteiger partial charge < -0.3 is 5.11 Å². The van der Waals surface area contributed by atoms with Crippen molar-refractivity contribution in [2.45, 2.75) is 6.92 Å². The number of carboxylic acid groups (broad SMARTS) is 1. The first kappa shape index (κ1) is 11.5. The molecule has 0 unspecified atom stereocenters. The van der Waals surface area contributed by atoms with E-state index < -0.39 is 5.97 Å². The maximum Gasteiger partial charge on any atom is 0.329 e. The van der Waals surface area contributed by atoms with E-state index >= 15 is 0 Å². The molecule has 3 nitrogen and oxygen atoms in total. The molecule has 0 spiro atoms. The molecular weight excluding hydrogens is 186 g/mol. The van der Waals surface area contributed by atoms with Crippen LogP contribution in [0.25, 0.3) is 0 Å². The Balaban J connectivity index is 4.87. The monoisotopic (exact) mass is 195 g/mol. The number of rotatable bonds is 4. The van der Waals surface area contributed by atoms with Crippen LogP contribution in [0, 0.1) is 11.3 Å². The summed E-state index contributed by atoms with van der Waals surface area (Å²) in [6.07, 6.45) is 2.55. The normalized spacial score (nSPS) is 12.0. The highest BCUT2D eigenvalue weighted by Crippen LogP contribution is 2.23. The second kappa shape index (κ2) is 6.09. The smallest absolute Gasteiger partial charge is 0.329 e. The number of hydrogen-bond acceptors (Lipinski definition) is 3. The first-order valence-electron chi connectivity index (χ1n) is 3.44. The zero-order valence-electron chi connectivity index (χ0n) is 7.15. The van der Waals surface area contributed by atoms with Gasteiger partial charge in [0.2, 0.25) is 0 Å². The lowest BCUT2D eigenvalue weighted by atomic mass is 10.2. The Morgan fingerprint density at radius 2 is 2.31 bits per heavy atom. The summed E-state index contributed by atoms with van der Waals surface area (Å²) in [5.41, 5.74) is 0.139. The van der Waals surface area contributed by atoms with E-state index in [0.717, 1.165) is 6.08 Å². The van der Waals surface area contributed by atoms with Gasteiger partial charge in [0, 0.05) is 11.0 Å². The van der Waals surface area contributed by atoms with Crippen LogP contribution < -0.4 is 0 Å². The van der Waals surface area contributed by atoms with Crippen molar-refractivity contribution in [3.63, 3.8) is 0 Å². The van der Waals surface area contributed by atoms with Crippen LogP contribution >= 0.6 is 11.8 Å². The summed E-state index contributed by atoms with van der Waals surface area (Å²) in [6, 6.07) is 1.81. The fraction of sp³-hybridized carbons (Fsp3) is 0.111. The molecule has 0 rings (SSSR count). The zero-order chi connectivity index (χ0) is 10.3. The van der Waals surface area contributed by atoms with Crippen molar-refractivity contribution >= 4 is 17.7 Å². The first-order chi connectivity index (χ1) is 6.15. The molecule has 0 saturated carbocycles. The van der Waals surface area contributed by atoms with Gasteiger partial charge in [-0.05, 0) is 12.3 Å². The number of carboxylic acids is 1. The van der Waals surface area contributed by atoms with Crippen LogP contribution in [-0.2, 0) is 4.79 Å². The lowest BCUT2D eigenvalue weighted by molar-refractivity contribution is -0.131. The molecule has 68 valence electrons. The summed E-state index contributed by atoms with van der Waals surface area (Å²) in [7, 11) is 0. The van der Waals surface area contributed by atoms with Gasteiger partial charge in [-0.25, -0.2) is 4.79 Å². The number of allylic oxidation sites excluding steroid dienone is 2. The van der Waals surface area contributed by atoms with E-state index in [4.69, 9.17) is 10.4 Å². The lowest BCUT2D eigenvalue weighted by Gasteiger charge is -1.98. The van der Waals surface area contributed by atoms with Gasteiger partial charge in [-0.3, -0.25) is 0 Å². The summed E-state index contributed by atoms with van der Waals surface area (Å²) < 4.78 is 0. The molecule has 0 fully saturated rings. The van der Waals surface area contributed by atoms with Gasteiger partial charge in [0.1, 0.15) is 6.07 Å². The molecule has 4 heteroatoms. The van der Waals surface area contributed by atoms with E-state index in [-0.39, 0.29) is 5.57 Å². The van der Waals surface area contributed by atoms with Crippen molar-refractivity contribution in [2.24, 2.45) is 0 Å². The minimum absolute atomic E-state index is 0.139. The topological polar surface area (TPSA) is 61.1 Å². The predicted octanol–water partition coefficient (Wildman–Crippen LogP) is 2.30. The third kappa shape index (κ3) is 4.19. The van der Waals surface area contributed by atoms with Crippen molar-refractivity contribution in [1.82, 2.24) is 0 Å². The van der Waals surface area contributed by atoms with Gasteiger partial charge in [-0.2, -0.15) is 5.26 Å². The lowest BCUT2D eigenvalue weighted by Crippen LogP contribution is -1.91. The number of thioether (sulfide) groups is 1. The molecule has 1 N–H and O–H groups in total. The minimum atomic E-state index is -1.12. The number of nitrogens with zero attached hydrogens (tertiary/aromatic N) is 1. The van der Waals surface area contributed by atoms with Crippen molar-refractivity contribution in [3.8, 4) is 6.07 Å². The van der Waals surface area contributed by atoms with E-state index in [0.29, 0.717) is 4.91 Å². The minimum Gasteiger partial charge on any atom is -0.478 e. The van der Waals surface area contributed by atoms with E-state index in [2.05, 4.69) is 6.58 Å². The number of aliphatic carboxylic acids is 1. The largest absolute Gasteiger partial charge is 0.478 e. The summed E-state index contributed by atoms with van der Waals surface area (Å²) in [4.78, 5) is 10.9. The Labute approximate surface area is 81.1 Å². The summed E-state index contributed by atoms with van der Waals surface area (Å²) >= 11 is 1.22. The van der Waals surface area contributed by atoms with Crippen molar-refractivity contribution in [3.05, 3.63) is 34.6 Å². The summed E-state index contributed by atoms with van der Waals surface area (Å²) in [5, 5.41) is 18.6. The highest BCUT2D eigenvalue weighted by atomic mass is 32.2. The van der Waals surface area contributed by atoms with Crippen LogP contribution in [0.2, 0.25) is 0 Å². The quantitative estimate of drug-likeness (QED) is 0.425. The Hall–Kier alpha value is -1.47. The maximum absolute atomic E-state index is 10.3. The summed E-state index contributed by atoms with van der Waals surface area (Å²) in [6.45, 7) is 5.22. The van der Waals surface area contributed by atoms with Crippen LogP contribution in [0.4, 0.5) is 0 Å². The Kier molecular flexibility index (Phi) is 5.40. The van der Waals surface area contributed by atoms with Gasteiger partial charge >= 0.3 is 5.97 Å². The second-order valence-corrected chi connectivity index (χ2v) is 2.95. The van der Waals surface area contributed by atoms with Gasteiger partial charge in [-0.15, -0.1) is 0 Å². The molecule has 0 aromatic carbocycles. The first-order valence-corrected chi connectivity index (χ1v) is 4.32. The fourth-order valence-electron chi connectivity index (χ4n) is 0.659. The summed E-state index contributed by atoms with van der Waals surface area (Å²) in [5.74, 6) is -1.12. The van der Waals surface area contributed by atoms with E-state index in [9.17, 15) is 4.79 Å². The van der Waals surface area contributed by atoms with Crippen LogP contribution in [-0.4, -0.2) is 11.1 Å². The molecule has 0 aliphatic carbocycles. The third-order valence-corrected chi connectivity index (χ3v) is 2.00. The average Bonchev–Trinajstić information content (AvgIpc) is 2.10. The maximum atomic E-state index is 10.3. The molecule has 0 aromatic heterocycles. The van der Waals surface area contributed by atoms with Gasteiger partial charge in [0.05, 0.1) is 5.57 Å². The molecule has 0 heterocycles. The van der Waals surface area contributed by atoms with Crippen molar-refractivity contribution in [1.29, 1.82) is 5.26 Å². The van der Waals surface area contributed by atoms with Crippen molar-refractivity contribution < 1.29 is 9.90 Å². The van der Waals surface area contributed by atoms with Gasteiger partial charge in [-0.1, -0.05) is 24.4 Å². The van der Waals surface area contributed by atoms with Crippen LogP contribution in [0.3, 0.4) is 0 Å². The van der Waals surface area contributed by atoms with Gasteiger partial charge in [0.25, 0.3) is 0 Å².